The summed E-state index contributed by atoms with van der Waals surface area (Å²) in [6, 6.07) is 0. The number of unbranched alkanes of at least 4 members (excludes halogenated alkanes) is 2. The monoisotopic (exact) mass is 296 g/mol. The van der Waals surface area contributed by atoms with Gasteiger partial charge in [-0.2, -0.15) is 0 Å². The molecule has 0 fully saturated rings. The van der Waals surface area contributed by atoms with E-state index in [2.05, 4.69) is 39.5 Å². The van der Waals surface area contributed by atoms with Crippen LogP contribution in [0.4, 0.5) is 0 Å². The minimum Gasteiger partial charge on any atom is -0.389 e. The van der Waals surface area contributed by atoms with Crippen molar-refractivity contribution in [3.63, 3.8) is 0 Å². The van der Waals surface area contributed by atoms with Crippen LogP contribution in [0.15, 0.2) is 37.0 Å². The highest BCUT2D eigenvalue weighted by molar-refractivity contribution is 5.23. The number of methoxy groups -OCH3 is 2. The van der Waals surface area contributed by atoms with Crippen molar-refractivity contribution in [3.8, 4) is 0 Å². The second-order valence-corrected chi connectivity index (χ2v) is 5.92. The van der Waals surface area contributed by atoms with E-state index in [0.717, 1.165) is 12.8 Å². The summed E-state index contributed by atoms with van der Waals surface area (Å²) in [6.07, 6.45) is 13.8. The molecule has 1 unspecified atom stereocenters. The molecule has 0 heterocycles. The van der Waals surface area contributed by atoms with E-state index in [4.69, 9.17) is 14.6 Å². The zero-order valence-electron chi connectivity index (χ0n) is 14.3. The molecule has 1 aliphatic rings. The third kappa shape index (κ3) is 8.20. The normalized spacial score (nSPS) is 19.5. The number of aliphatic hydroxyl groups is 1. The molecule has 1 N–H and O–H groups in total. The van der Waals surface area contributed by atoms with Crippen LogP contribution in [-0.4, -0.2) is 31.2 Å². The SMILES string of the molecule is C=CC(O)CCCCC.COC1(OC)C=CC(C)(C)C=C1. The largest absolute Gasteiger partial charge is 0.389 e. The summed E-state index contributed by atoms with van der Waals surface area (Å²) < 4.78 is 10.5. The average molecular weight is 296 g/mol. The Kier molecular flexibility index (Phi) is 9.51. The molecule has 0 saturated carbocycles. The van der Waals surface area contributed by atoms with Crippen LogP contribution in [0.1, 0.15) is 46.5 Å². The van der Waals surface area contributed by atoms with Gasteiger partial charge in [-0.25, -0.2) is 0 Å². The fraction of sp³-hybridized carbons (Fsp3) is 0.667. The molecule has 0 aromatic rings. The fourth-order valence-corrected chi connectivity index (χ4v) is 1.85. The standard InChI is InChI=1S/C10H16O2.C8H16O/c1-9(2)5-7-10(11-3,12-4)8-6-9;1-3-5-6-7-8(9)4-2/h5-8H,1-4H3;4,8-9H,2-3,5-7H2,1H3. The third-order valence-corrected chi connectivity index (χ3v) is 3.50. The Hall–Kier alpha value is -0.900. The lowest BCUT2D eigenvalue weighted by Gasteiger charge is -2.30. The Morgan fingerprint density at radius 2 is 1.62 bits per heavy atom. The van der Waals surface area contributed by atoms with Crippen LogP contribution in [-0.2, 0) is 9.47 Å². The predicted octanol–water partition coefficient (Wildman–Crippen LogP) is 4.24. The quantitative estimate of drug-likeness (QED) is 0.434. The summed E-state index contributed by atoms with van der Waals surface area (Å²) in [4.78, 5) is 0. The van der Waals surface area contributed by atoms with Gasteiger partial charge in [0.05, 0.1) is 6.10 Å². The molecule has 0 aromatic carbocycles. The van der Waals surface area contributed by atoms with Gasteiger partial charge in [0, 0.05) is 19.6 Å². The molecule has 3 nitrogen and oxygen atoms in total. The maximum atomic E-state index is 8.97. The number of rotatable bonds is 7. The number of hydrogen-bond donors (Lipinski definition) is 1. The Balaban J connectivity index is 0.000000400. The van der Waals surface area contributed by atoms with E-state index in [-0.39, 0.29) is 11.5 Å². The van der Waals surface area contributed by atoms with Crippen LogP contribution in [0.5, 0.6) is 0 Å². The first-order chi connectivity index (χ1) is 9.84. The van der Waals surface area contributed by atoms with Gasteiger partial charge in [-0.05, 0) is 18.6 Å². The maximum Gasteiger partial charge on any atom is 0.207 e. The third-order valence-electron chi connectivity index (χ3n) is 3.50. The minimum absolute atomic E-state index is 0.112. The lowest BCUT2D eigenvalue weighted by Crippen LogP contribution is -2.31. The van der Waals surface area contributed by atoms with E-state index in [9.17, 15) is 0 Å². The zero-order chi connectivity index (χ0) is 16.4. The molecule has 1 aliphatic carbocycles. The number of aliphatic hydroxyl groups excluding tert-OH is 1. The van der Waals surface area contributed by atoms with Gasteiger partial charge in [0.15, 0.2) is 0 Å². The highest BCUT2D eigenvalue weighted by Gasteiger charge is 2.28. The molecular formula is C18H32O3. The molecule has 21 heavy (non-hydrogen) atoms. The lowest BCUT2D eigenvalue weighted by molar-refractivity contribution is -0.135. The highest BCUT2D eigenvalue weighted by Crippen LogP contribution is 2.29. The van der Waals surface area contributed by atoms with Gasteiger partial charge in [-0.15, -0.1) is 6.58 Å². The lowest BCUT2D eigenvalue weighted by atomic mass is 9.87. The summed E-state index contributed by atoms with van der Waals surface area (Å²) >= 11 is 0. The second kappa shape index (κ2) is 9.93. The first-order valence-electron chi connectivity index (χ1n) is 7.66. The van der Waals surface area contributed by atoms with Gasteiger partial charge in [0.2, 0.25) is 5.79 Å². The molecule has 1 atom stereocenters. The highest BCUT2D eigenvalue weighted by atomic mass is 16.7. The van der Waals surface area contributed by atoms with Gasteiger partial charge >= 0.3 is 0 Å². The van der Waals surface area contributed by atoms with Crippen LogP contribution in [0.3, 0.4) is 0 Å². The van der Waals surface area contributed by atoms with Crippen molar-refractivity contribution in [2.45, 2.75) is 58.3 Å². The topological polar surface area (TPSA) is 38.7 Å². The van der Waals surface area contributed by atoms with Crippen molar-refractivity contribution in [1.29, 1.82) is 0 Å². The average Bonchev–Trinajstić information content (AvgIpc) is 2.49. The van der Waals surface area contributed by atoms with Gasteiger partial charge < -0.3 is 14.6 Å². The molecule has 0 bridgehead atoms. The van der Waals surface area contributed by atoms with Crippen LogP contribution < -0.4 is 0 Å². The molecule has 1 rings (SSSR count). The van der Waals surface area contributed by atoms with Crippen molar-refractivity contribution in [2.75, 3.05) is 14.2 Å². The Morgan fingerprint density at radius 1 is 1.10 bits per heavy atom. The van der Waals surface area contributed by atoms with E-state index >= 15 is 0 Å². The van der Waals surface area contributed by atoms with Crippen molar-refractivity contribution in [3.05, 3.63) is 37.0 Å². The molecule has 0 radical (unpaired) electrons. The molecule has 0 aliphatic heterocycles. The zero-order valence-corrected chi connectivity index (χ0v) is 14.3. The van der Waals surface area contributed by atoms with Gasteiger partial charge in [-0.1, -0.05) is 58.3 Å². The summed E-state index contributed by atoms with van der Waals surface area (Å²) in [5, 5.41) is 8.97. The predicted molar refractivity (Wildman–Crippen MR) is 89.2 cm³/mol. The van der Waals surface area contributed by atoms with Crippen LogP contribution in [0.2, 0.25) is 0 Å². The van der Waals surface area contributed by atoms with E-state index in [1.807, 2.05) is 12.2 Å². The molecule has 0 spiro atoms. The number of allylic oxidation sites excluding steroid dienone is 2. The smallest absolute Gasteiger partial charge is 0.207 e. The van der Waals surface area contributed by atoms with E-state index in [0.29, 0.717) is 0 Å². The Morgan fingerprint density at radius 3 is 2.00 bits per heavy atom. The first kappa shape index (κ1) is 20.1. The van der Waals surface area contributed by atoms with Crippen molar-refractivity contribution < 1.29 is 14.6 Å². The summed E-state index contributed by atoms with van der Waals surface area (Å²) in [5.41, 5.74) is 0.112. The van der Waals surface area contributed by atoms with E-state index in [1.165, 1.54) is 12.8 Å². The summed E-state index contributed by atoms with van der Waals surface area (Å²) in [7, 11) is 3.27. The fourth-order valence-electron chi connectivity index (χ4n) is 1.85. The van der Waals surface area contributed by atoms with Crippen LogP contribution in [0.25, 0.3) is 0 Å². The number of ether oxygens (including phenoxy) is 2. The maximum absolute atomic E-state index is 8.97. The summed E-state index contributed by atoms with van der Waals surface area (Å²) in [5.74, 6) is -0.643. The van der Waals surface area contributed by atoms with Gasteiger partial charge in [0.25, 0.3) is 0 Å². The van der Waals surface area contributed by atoms with E-state index < -0.39 is 5.79 Å². The molecule has 0 amide bonds. The number of hydrogen-bond acceptors (Lipinski definition) is 3. The molecule has 0 saturated heterocycles. The molecule has 3 heteroatoms. The summed E-state index contributed by atoms with van der Waals surface area (Å²) in [6.45, 7) is 9.91. The molecular weight excluding hydrogens is 264 g/mol. The van der Waals surface area contributed by atoms with Crippen molar-refractivity contribution in [1.82, 2.24) is 0 Å². The Bertz CT molecular complexity index is 320. The van der Waals surface area contributed by atoms with Gasteiger partial charge in [0.1, 0.15) is 0 Å². The second-order valence-electron chi connectivity index (χ2n) is 5.92. The minimum atomic E-state index is -0.643. The Labute approximate surface area is 130 Å². The van der Waals surface area contributed by atoms with Crippen LogP contribution >= 0.6 is 0 Å². The van der Waals surface area contributed by atoms with Crippen molar-refractivity contribution >= 4 is 0 Å². The first-order valence-corrected chi connectivity index (χ1v) is 7.66. The molecule has 0 aromatic heterocycles. The van der Waals surface area contributed by atoms with Crippen molar-refractivity contribution in [2.24, 2.45) is 5.41 Å². The molecule has 122 valence electrons. The van der Waals surface area contributed by atoms with Crippen LogP contribution in [0, 0.1) is 5.41 Å². The van der Waals surface area contributed by atoms with E-state index in [1.54, 1.807) is 20.3 Å². The van der Waals surface area contributed by atoms with Gasteiger partial charge in [-0.3, -0.25) is 0 Å².